The summed E-state index contributed by atoms with van der Waals surface area (Å²) >= 11 is 6.82. The molecule has 0 bridgehead atoms. The van der Waals surface area contributed by atoms with Gasteiger partial charge in [0.25, 0.3) is 0 Å². The molecule has 206 valence electrons. The third-order valence-electron chi connectivity index (χ3n) is 7.27. The second-order valence-corrected chi connectivity index (χ2v) is 11.2. The van der Waals surface area contributed by atoms with E-state index < -0.39 is 40.8 Å². The van der Waals surface area contributed by atoms with Crippen LogP contribution in [0.25, 0.3) is 10.9 Å². The Hall–Kier alpha value is -3.48. The lowest BCUT2D eigenvalue weighted by atomic mass is 9.64. The molecule has 2 N–H and O–H groups in total. The number of pyridine rings is 1. The van der Waals surface area contributed by atoms with Gasteiger partial charge in [0.15, 0.2) is 5.60 Å². The van der Waals surface area contributed by atoms with Crippen molar-refractivity contribution in [3.63, 3.8) is 0 Å². The van der Waals surface area contributed by atoms with Gasteiger partial charge >= 0.3 is 12.3 Å². The highest BCUT2D eigenvalue weighted by Crippen LogP contribution is 2.48. The Bertz CT molecular complexity index is 1460. The number of amides is 1. The molecule has 3 atom stereocenters. The van der Waals surface area contributed by atoms with Crippen LogP contribution in [0.1, 0.15) is 43.0 Å². The van der Waals surface area contributed by atoms with Crippen LogP contribution in [0, 0.1) is 23.7 Å². The number of rotatable bonds is 5. The van der Waals surface area contributed by atoms with Crippen molar-refractivity contribution < 1.29 is 32.9 Å². The van der Waals surface area contributed by atoms with Crippen molar-refractivity contribution in [1.82, 2.24) is 9.88 Å². The number of ether oxygens (including phenoxy) is 1. The van der Waals surface area contributed by atoms with Gasteiger partial charge in [-0.15, -0.1) is 6.42 Å². The van der Waals surface area contributed by atoms with Crippen LogP contribution < -0.4 is 4.74 Å². The second kappa shape index (κ2) is 9.92. The normalized spacial score (nSPS) is 19.2. The van der Waals surface area contributed by atoms with Crippen LogP contribution in [0.15, 0.2) is 42.5 Å². The van der Waals surface area contributed by atoms with Crippen LogP contribution in [0.4, 0.5) is 18.0 Å². The first kappa shape index (κ1) is 28.5. The second-order valence-electron chi connectivity index (χ2n) is 10.8. The Morgan fingerprint density at radius 3 is 2.31 bits per heavy atom. The first-order valence-electron chi connectivity index (χ1n) is 12.1. The molecule has 2 heterocycles. The number of fused-ring (bicyclic) bond motifs is 1. The molecule has 2 aromatic carbocycles. The van der Waals surface area contributed by atoms with Crippen LogP contribution in [-0.2, 0) is 18.2 Å². The average Bonchev–Trinajstić information content (AvgIpc) is 2.83. The van der Waals surface area contributed by atoms with E-state index in [9.17, 15) is 28.2 Å². The molecule has 3 unspecified atom stereocenters. The number of aromatic nitrogens is 1. The number of terminal acetylenes is 1. The van der Waals surface area contributed by atoms with Crippen LogP contribution in [0.5, 0.6) is 5.88 Å². The summed E-state index contributed by atoms with van der Waals surface area (Å²) < 4.78 is 44.4. The molecule has 1 aromatic heterocycles. The Labute approximate surface area is 229 Å². The zero-order valence-corrected chi connectivity index (χ0v) is 22.6. The summed E-state index contributed by atoms with van der Waals surface area (Å²) in [6.45, 7) is 5.72. The number of aliphatic hydroxyl groups is 1. The minimum Gasteiger partial charge on any atom is -0.481 e. The van der Waals surface area contributed by atoms with Crippen LogP contribution in [0.3, 0.4) is 0 Å². The molecule has 1 aliphatic rings. The molecular formula is C29H28ClF3N2O4. The van der Waals surface area contributed by atoms with Crippen molar-refractivity contribution in [3.05, 3.63) is 69.7 Å². The van der Waals surface area contributed by atoms with Gasteiger partial charge in [-0.1, -0.05) is 56.5 Å². The zero-order valence-electron chi connectivity index (χ0n) is 21.8. The number of methoxy groups -OCH3 is 1. The van der Waals surface area contributed by atoms with Crippen molar-refractivity contribution >= 4 is 28.6 Å². The van der Waals surface area contributed by atoms with E-state index in [1.54, 1.807) is 18.2 Å². The fraction of sp³-hybridized carbons (Fsp3) is 0.379. The van der Waals surface area contributed by atoms with Gasteiger partial charge in [-0.2, -0.15) is 13.2 Å². The predicted octanol–water partition coefficient (Wildman–Crippen LogP) is 6.35. The summed E-state index contributed by atoms with van der Waals surface area (Å²) in [7, 11) is 1.42. The first-order valence-corrected chi connectivity index (χ1v) is 12.5. The summed E-state index contributed by atoms with van der Waals surface area (Å²) in [6.07, 6.45) is 0.478. The average molecular weight is 561 g/mol. The number of nitrogens with zero attached hydrogens (tertiary/aromatic N) is 2. The Balaban J connectivity index is 1.77. The number of hydrogen-bond acceptors (Lipinski definition) is 4. The molecule has 6 nitrogen and oxygen atoms in total. The molecule has 0 spiro atoms. The van der Waals surface area contributed by atoms with Gasteiger partial charge in [0.1, 0.15) is 0 Å². The van der Waals surface area contributed by atoms with Crippen molar-refractivity contribution in [2.24, 2.45) is 11.3 Å². The monoisotopic (exact) mass is 560 g/mol. The molecule has 10 heteroatoms. The molecular weight excluding hydrogens is 533 g/mol. The standard InChI is InChI=1S/C29H28ClF3N2O4/c1-6-28(38,21-15-35(26(36)37)24(21)27(2,3)4)18-11-12-22-19(14-18)23(30)20(25(34-22)39-5)13-16-7-9-17(10-8-16)29(31,32)33/h1,7-12,14,21,24,38H,13,15H2,2-5H3,(H,36,37). The highest BCUT2D eigenvalue weighted by Gasteiger charge is 2.57. The Kier molecular flexibility index (Phi) is 7.26. The lowest BCUT2D eigenvalue weighted by Crippen LogP contribution is -2.68. The summed E-state index contributed by atoms with van der Waals surface area (Å²) in [5, 5.41) is 22.1. The highest BCUT2D eigenvalue weighted by atomic mass is 35.5. The number of carbonyl (C=O) groups is 1. The predicted molar refractivity (Wildman–Crippen MR) is 142 cm³/mol. The molecule has 1 aliphatic heterocycles. The van der Waals surface area contributed by atoms with Gasteiger partial charge < -0.3 is 19.8 Å². The van der Waals surface area contributed by atoms with Crippen LogP contribution >= 0.6 is 11.6 Å². The number of likely N-dealkylation sites (tertiary alicyclic amines) is 1. The number of carboxylic acid groups (broad SMARTS) is 1. The fourth-order valence-corrected chi connectivity index (χ4v) is 5.65. The Morgan fingerprint density at radius 1 is 1.18 bits per heavy atom. The van der Waals surface area contributed by atoms with Gasteiger partial charge in [0, 0.05) is 35.9 Å². The fourth-order valence-electron chi connectivity index (χ4n) is 5.36. The van der Waals surface area contributed by atoms with Crippen molar-refractivity contribution in [1.29, 1.82) is 0 Å². The first-order chi connectivity index (χ1) is 18.1. The molecule has 3 aromatic rings. The number of halogens is 4. The van der Waals surface area contributed by atoms with Gasteiger partial charge in [0.2, 0.25) is 5.88 Å². The summed E-state index contributed by atoms with van der Waals surface area (Å²) in [4.78, 5) is 17.6. The smallest absolute Gasteiger partial charge is 0.416 e. The van der Waals surface area contributed by atoms with Gasteiger partial charge in [0.05, 0.1) is 23.2 Å². The molecule has 1 amide bonds. The maximum Gasteiger partial charge on any atom is 0.416 e. The van der Waals surface area contributed by atoms with Crippen LogP contribution in [0.2, 0.25) is 5.02 Å². The van der Waals surface area contributed by atoms with Gasteiger partial charge in [-0.3, -0.25) is 0 Å². The van der Waals surface area contributed by atoms with E-state index >= 15 is 0 Å². The lowest BCUT2D eigenvalue weighted by molar-refractivity contribution is -0.137. The zero-order chi connectivity index (χ0) is 28.9. The van der Waals surface area contributed by atoms with Crippen molar-refractivity contribution in [2.75, 3.05) is 13.7 Å². The van der Waals surface area contributed by atoms with E-state index in [2.05, 4.69) is 10.9 Å². The van der Waals surface area contributed by atoms with Gasteiger partial charge in [-0.05, 0) is 40.8 Å². The van der Waals surface area contributed by atoms with Gasteiger partial charge in [-0.25, -0.2) is 9.78 Å². The van der Waals surface area contributed by atoms with E-state index in [0.29, 0.717) is 27.6 Å². The van der Waals surface area contributed by atoms with Crippen molar-refractivity contribution in [2.45, 2.75) is 45.0 Å². The van der Waals surface area contributed by atoms with E-state index in [0.717, 1.165) is 12.1 Å². The molecule has 0 radical (unpaired) electrons. The van der Waals surface area contributed by atoms with E-state index in [-0.39, 0.29) is 23.9 Å². The van der Waals surface area contributed by atoms with E-state index in [1.807, 2.05) is 20.8 Å². The molecule has 0 saturated carbocycles. The van der Waals surface area contributed by atoms with E-state index in [4.69, 9.17) is 22.8 Å². The lowest BCUT2D eigenvalue weighted by Gasteiger charge is -2.56. The third-order valence-corrected chi connectivity index (χ3v) is 7.71. The summed E-state index contributed by atoms with van der Waals surface area (Å²) in [6, 6.07) is 9.10. The summed E-state index contributed by atoms with van der Waals surface area (Å²) in [5.74, 6) is 2.14. The topological polar surface area (TPSA) is 82.9 Å². The minimum atomic E-state index is -4.45. The molecule has 1 saturated heterocycles. The van der Waals surface area contributed by atoms with E-state index in [1.165, 1.54) is 24.1 Å². The number of benzene rings is 2. The number of alkyl halides is 3. The summed E-state index contributed by atoms with van der Waals surface area (Å²) in [5.41, 5.74) is -1.21. The molecule has 0 aliphatic carbocycles. The minimum absolute atomic E-state index is 0.0593. The van der Waals surface area contributed by atoms with Crippen molar-refractivity contribution in [3.8, 4) is 18.2 Å². The maximum absolute atomic E-state index is 13.0. The Morgan fingerprint density at radius 2 is 1.79 bits per heavy atom. The molecule has 39 heavy (non-hydrogen) atoms. The molecule has 1 fully saturated rings. The largest absolute Gasteiger partial charge is 0.481 e. The molecule has 4 rings (SSSR count). The van der Waals surface area contributed by atoms with Crippen LogP contribution in [-0.4, -0.2) is 45.9 Å². The number of hydrogen-bond donors (Lipinski definition) is 2. The quantitative estimate of drug-likeness (QED) is 0.355. The third kappa shape index (κ3) is 5.11. The highest BCUT2D eigenvalue weighted by molar-refractivity contribution is 6.36. The maximum atomic E-state index is 13.0. The SMILES string of the molecule is C#CC(O)(c1ccc2nc(OC)c(Cc3ccc(C(F)(F)F)cc3)c(Cl)c2c1)C1CN(C(=O)O)C1C(C)(C)C.